The van der Waals surface area contributed by atoms with Crippen LogP contribution in [0.25, 0.3) is 88.7 Å². The summed E-state index contributed by atoms with van der Waals surface area (Å²) in [7, 11) is 0. The first kappa shape index (κ1) is 34.0. The molecule has 0 fully saturated rings. The minimum absolute atomic E-state index is 0.376. The van der Waals surface area contributed by atoms with E-state index in [1.807, 2.05) is 0 Å². The average Bonchev–Trinajstić information content (AvgIpc) is 3.28. The Labute approximate surface area is 337 Å². The highest BCUT2D eigenvalue weighted by Gasteiger charge is 2.27. The molecular formula is C54H38N4. The van der Waals surface area contributed by atoms with Crippen LogP contribution in [-0.2, 0) is 6.42 Å². The summed E-state index contributed by atoms with van der Waals surface area (Å²) in [6, 6.07) is 58.0. The lowest BCUT2D eigenvalue weighted by molar-refractivity contribution is 0.624. The summed E-state index contributed by atoms with van der Waals surface area (Å²) in [5.41, 5.74) is 13.7. The summed E-state index contributed by atoms with van der Waals surface area (Å²) in [5.74, 6) is 1.07. The smallest absolute Gasteiger partial charge is 0.160 e. The Morgan fingerprint density at radius 3 is 1.84 bits per heavy atom. The van der Waals surface area contributed by atoms with Crippen molar-refractivity contribution in [3.05, 3.63) is 194 Å². The predicted octanol–water partition coefficient (Wildman–Crippen LogP) is 13.8. The van der Waals surface area contributed by atoms with Crippen LogP contribution in [0.2, 0.25) is 0 Å². The second-order valence-electron chi connectivity index (χ2n) is 15.4. The number of aliphatic imine (C=N–C) groups is 1. The van der Waals surface area contributed by atoms with Crippen LogP contribution in [-0.4, -0.2) is 20.7 Å². The van der Waals surface area contributed by atoms with Crippen LogP contribution in [0.1, 0.15) is 18.4 Å². The van der Waals surface area contributed by atoms with Gasteiger partial charge in [0.1, 0.15) is 0 Å². The van der Waals surface area contributed by atoms with E-state index in [0.717, 1.165) is 86.3 Å². The lowest BCUT2D eigenvalue weighted by atomic mass is 9.83. The second kappa shape index (κ2) is 14.3. The number of para-hydroxylation sites is 1. The summed E-state index contributed by atoms with van der Waals surface area (Å²) < 4.78 is 0. The molecule has 0 spiro atoms. The van der Waals surface area contributed by atoms with Gasteiger partial charge < -0.3 is 0 Å². The van der Waals surface area contributed by atoms with Gasteiger partial charge in [0.05, 0.1) is 28.3 Å². The van der Waals surface area contributed by atoms with Gasteiger partial charge in [-0.05, 0) is 88.3 Å². The fourth-order valence-electron chi connectivity index (χ4n) is 8.64. The first-order chi connectivity index (χ1) is 28.7. The third-order valence-corrected chi connectivity index (χ3v) is 11.7. The molecule has 1 unspecified atom stereocenters. The van der Waals surface area contributed by atoms with Gasteiger partial charge in [0.2, 0.25) is 0 Å². The van der Waals surface area contributed by atoms with Crippen molar-refractivity contribution >= 4 is 43.8 Å². The van der Waals surface area contributed by atoms with Gasteiger partial charge in [0.15, 0.2) is 5.82 Å². The Morgan fingerprint density at radius 1 is 0.466 bits per heavy atom. The van der Waals surface area contributed by atoms with Crippen molar-refractivity contribution in [2.75, 3.05) is 0 Å². The van der Waals surface area contributed by atoms with Gasteiger partial charge in [-0.25, -0.2) is 15.0 Å². The number of hydrogen-bond donors (Lipinski definition) is 0. The Bertz CT molecular complexity index is 3060. The van der Waals surface area contributed by atoms with Crippen molar-refractivity contribution in [1.82, 2.24) is 15.0 Å². The summed E-state index contributed by atoms with van der Waals surface area (Å²) in [5, 5.41) is 5.90. The molecule has 2 aromatic heterocycles. The fraction of sp³-hybridized carbons (Fsp3) is 0.0741. The lowest BCUT2D eigenvalue weighted by Gasteiger charge is -2.26. The normalized spacial score (nSPS) is 14.8. The number of aromatic nitrogens is 3. The van der Waals surface area contributed by atoms with E-state index in [-0.39, 0.29) is 0 Å². The molecule has 0 saturated heterocycles. The van der Waals surface area contributed by atoms with Crippen LogP contribution < -0.4 is 0 Å². The van der Waals surface area contributed by atoms with Crippen molar-refractivity contribution in [2.24, 2.45) is 10.9 Å². The second-order valence-corrected chi connectivity index (χ2v) is 15.4. The van der Waals surface area contributed by atoms with Gasteiger partial charge in [-0.1, -0.05) is 152 Å². The Kier molecular flexibility index (Phi) is 8.40. The highest BCUT2D eigenvalue weighted by atomic mass is 14.9. The molecule has 1 aliphatic heterocycles. The molecule has 0 saturated carbocycles. The molecule has 4 nitrogen and oxygen atoms in total. The summed E-state index contributed by atoms with van der Waals surface area (Å²) in [4.78, 5) is 21.0. The maximum Gasteiger partial charge on any atom is 0.160 e. The number of pyridine rings is 1. The molecule has 11 rings (SSSR count). The fourth-order valence-corrected chi connectivity index (χ4v) is 8.64. The topological polar surface area (TPSA) is 51.0 Å². The molecular weight excluding hydrogens is 705 g/mol. The van der Waals surface area contributed by atoms with E-state index in [2.05, 4.69) is 188 Å². The molecule has 4 heteroatoms. The van der Waals surface area contributed by atoms with Crippen LogP contribution in [0.4, 0.5) is 5.69 Å². The van der Waals surface area contributed by atoms with Crippen molar-refractivity contribution in [3.63, 3.8) is 0 Å². The Hall–Kier alpha value is -7.30. The van der Waals surface area contributed by atoms with E-state index in [4.69, 9.17) is 19.9 Å². The standard InChI is InChI=1S/C54H38N4/c1-2-4-20-48-42(16-3-1)33-47-52(56-49-21-10-9-19-46(49)53(47)55-48)38-26-22-37(23-27-38)41-17-11-18-45(32-41)54-57-50(43-28-24-35-12-5-7-14-39(35)30-43)34-51(58-54)44-29-25-36-13-6-8-15-40(36)31-44/h1-2,4-15,17-32,34,42H,3,16,33H2. The van der Waals surface area contributed by atoms with Gasteiger partial charge in [-0.3, -0.25) is 4.99 Å². The third-order valence-electron chi connectivity index (χ3n) is 11.7. The zero-order valence-corrected chi connectivity index (χ0v) is 31.9. The molecule has 1 aliphatic carbocycles. The van der Waals surface area contributed by atoms with Gasteiger partial charge in [-0.15, -0.1) is 0 Å². The van der Waals surface area contributed by atoms with Crippen molar-refractivity contribution in [3.8, 4) is 56.3 Å². The molecule has 3 heterocycles. The highest BCUT2D eigenvalue weighted by molar-refractivity contribution is 6.06. The Morgan fingerprint density at radius 2 is 1.10 bits per heavy atom. The van der Waals surface area contributed by atoms with Crippen LogP contribution in [0.15, 0.2) is 193 Å². The molecule has 1 atom stereocenters. The highest BCUT2D eigenvalue weighted by Crippen LogP contribution is 2.42. The van der Waals surface area contributed by atoms with Crippen LogP contribution in [0, 0.1) is 5.92 Å². The Balaban J connectivity index is 0.983. The SMILES string of the molecule is C1=CCCC2Cc3c(-c4ccc(-c5cccc(-c6nc(-c7ccc8ccccc8c7)cc(-c7ccc8ccccc8c7)n6)c5)cc4)nc4ccccc4c3N=C2C=C1. The molecule has 58 heavy (non-hydrogen) atoms. The summed E-state index contributed by atoms with van der Waals surface area (Å²) >= 11 is 0. The molecule has 9 aromatic rings. The third kappa shape index (κ3) is 6.29. The van der Waals surface area contributed by atoms with Crippen LogP contribution in [0.5, 0.6) is 0 Å². The first-order valence-corrected chi connectivity index (χ1v) is 20.1. The summed E-state index contributed by atoms with van der Waals surface area (Å²) in [6.45, 7) is 0. The molecule has 0 amide bonds. The number of hydrogen-bond acceptors (Lipinski definition) is 4. The number of benzene rings is 7. The molecule has 0 radical (unpaired) electrons. The number of rotatable bonds is 5. The zero-order valence-electron chi connectivity index (χ0n) is 31.9. The lowest BCUT2D eigenvalue weighted by Crippen LogP contribution is -2.20. The van der Waals surface area contributed by atoms with Crippen molar-refractivity contribution in [1.29, 1.82) is 0 Å². The van der Waals surface area contributed by atoms with E-state index in [1.165, 1.54) is 32.8 Å². The first-order valence-electron chi connectivity index (χ1n) is 20.1. The zero-order chi connectivity index (χ0) is 38.4. The minimum Gasteiger partial charge on any atom is -0.252 e. The van der Waals surface area contributed by atoms with E-state index >= 15 is 0 Å². The van der Waals surface area contributed by atoms with E-state index < -0.39 is 0 Å². The molecule has 7 aromatic carbocycles. The van der Waals surface area contributed by atoms with E-state index in [1.54, 1.807) is 0 Å². The maximum absolute atomic E-state index is 5.31. The van der Waals surface area contributed by atoms with Crippen LogP contribution in [0.3, 0.4) is 0 Å². The average molecular weight is 743 g/mol. The number of fused-ring (bicyclic) bond motifs is 6. The van der Waals surface area contributed by atoms with E-state index in [9.17, 15) is 0 Å². The maximum atomic E-state index is 5.31. The van der Waals surface area contributed by atoms with Crippen molar-refractivity contribution < 1.29 is 0 Å². The quantitative estimate of drug-likeness (QED) is 0.176. The van der Waals surface area contributed by atoms with Gasteiger partial charge in [-0.2, -0.15) is 0 Å². The van der Waals surface area contributed by atoms with Crippen molar-refractivity contribution in [2.45, 2.75) is 19.3 Å². The van der Waals surface area contributed by atoms with Gasteiger partial charge >= 0.3 is 0 Å². The van der Waals surface area contributed by atoms with Gasteiger partial charge in [0, 0.05) is 44.8 Å². The summed E-state index contributed by atoms with van der Waals surface area (Å²) in [6.07, 6.45) is 11.8. The van der Waals surface area contributed by atoms with Crippen LogP contribution >= 0.6 is 0 Å². The molecule has 274 valence electrons. The minimum atomic E-state index is 0.376. The predicted molar refractivity (Wildman–Crippen MR) is 241 cm³/mol. The molecule has 0 N–H and O–H groups in total. The van der Waals surface area contributed by atoms with E-state index in [0.29, 0.717) is 11.7 Å². The monoisotopic (exact) mass is 742 g/mol. The number of nitrogens with zero attached hydrogens (tertiary/aromatic N) is 4. The molecule has 0 bridgehead atoms. The molecule has 2 aliphatic rings. The number of allylic oxidation sites excluding steroid dienone is 4. The van der Waals surface area contributed by atoms with Gasteiger partial charge in [0.25, 0.3) is 0 Å². The largest absolute Gasteiger partial charge is 0.252 e.